The van der Waals surface area contributed by atoms with Gasteiger partial charge >= 0.3 is 0 Å². The predicted molar refractivity (Wildman–Crippen MR) is 57.0 cm³/mol. The first-order valence-electron chi connectivity index (χ1n) is 4.80. The molecular weight excluding hydrogens is 178 g/mol. The van der Waals surface area contributed by atoms with E-state index < -0.39 is 0 Å². The van der Waals surface area contributed by atoms with Gasteiger partial charge in [0.15, 0.2) is 0 Å². The topological polar surface area (TPSA) is 45.2 Å². The summed E-state index contributed by atoms with van der Waals surface area (Å²) >= 11 is 0. The Morgan fingerprint density at radius 1 is 1.64 bits per heavy atom. The summed E-state index contributed by atoms with van der Waals surface area (Å²) in [6, 6.07) is 1.99. The highest BCUT2D eigenvalue weighted by molar-refractivity contribution is 5.55. The molecule has 0 unspecified atom stereocenters. The molecule has 3 heteroatoms. The van der Waals surface area contributed by atoms with Gasteiger partial charge in [-0.15, -0.1) is 0 Å². The normalized spacial score (nSPS) is 10.2. The number of hydrogen-bond donors (Lipinski definition) is 2. The number of aliphatic hydroxyl groups is 1. The Kier molecular flexibility index (Phi) is 3.77. The molecule has 0 amide bonds. The van der Waals surface area contributed by atoms with E-state index in [9.17, 15) is 0 Å². The smallest absolute Gasteiger partial charge is 0.135 e. The molecule has 0 aromatic carbocycles. The molecule has 0 bridgehead atoms. The largest absolute Gasteiger partial charge is 0.492 e. The molecule has 14 heavy (non-hydrogen) atoms. The zero-order valence-corrected chi connectivity index (χ0v) is 8.76. The fraction of sp³-hybridized carbons (Fsp3) is 0.455. The minimum absolute atomic E-state index is 0.155. The molecule has 1 heterocycles. The van der Waals surface area contributed by atoms with Crippen LogP contribution in [-0.2, 0) is 11.2 Å². The van der Waals surface area contributed by atoms with Gasteiger partial charge in [-0.3, -0.25) is 0 Å². The molecule has 0 saturated heterocycles. The maximum Gasteiger partial charge on any atom is 0.135 e. The van der Waals surface area contributed by atoms with Crippen LogP contribution in [0.15, 0.2) is 12.6 Å². The molecule has 0 aliphatic heterocycles. The van der Waals surface area contributed by atoms with Gasteiger partial charge in [-0.2, -0.15) is 0 Å². The second-order valence-corrected chi connectivity index (χ2v) is 3.17. The van der Waals surface area contributed by atoms with Gasteiger partial charge in [-0.05, 0) is 25.5 Å². The number of ether oxygens (including phenoxy) is 1. The monoisotopic (exact) mass is 195 g/mol. The Bertz CT molecular complexity index is 315. The molecule has 2 N–H and O–H groups in total. The van der Waals surface area contributed by atoms with E-state index >= 15 is 0 Å². The van der Waals surface area contributed by atoms with Gasteiger partial charge < -0.3 is 14.8 Å². The Balaban J connectivity index is 2.79. The van der Waals surface area contributed by atoms with Crippen LogP contribution in [0.5, 0.6) is 0 Å². The number of H-pyrrole nitrogens is 1. The summed E-state index contributed by atoms with van der Waals surface area (Å²) in [6.45, 7) is 8.52. The van der Waals surface area contributed by atoms with E-state index in [1.807, 2.05) is 19.9 Å². The van der Waals surface area contributed by atoms with E-state index in [4.69, 9.17) is 9.84 Å². The molecule has 0 radical (unpaired) electrons. The summed E-state index contributed by atoms with van der Waals surface area (Å²) in [5, 5.41) is 8.82. The molecule has 0 saturated carbocycles. The highest BCUT2D eigenvalue weighted by Crippen LogP contribution is 2.17. The van der Waals surface area contributed by atoms with Crippen LogP contribution in [0.2, 0.25) is 0 Å². The van der Waals surface area contributed by atoms with Crippen molar-refractivity contribution in [3.63, 3.8) is 0 Å². The summed E-state index contributed by atoms with van der Waals surface area (Å²) in [4.78, 5) is 3.18. The first-order valence-corrected chi connectivity index (χ1v) is 4.80. The average Bonchev–Trinajstić information content (AvgIpc) is 2.49. The van der Waals surface area contributed by atoms with Crippen LogP contribution in [0.1, 0.15) is 23.9 Å². The molecule has 0 fully saturated rings. The van der Waals surface area contributed by atoms with Crippen LogP contribution >= 0.6 is 0 Å². The lowest BCUT2D eigenvalue weighted by atomic mass is 10.2. The highest BCUT2D eigenvalue weighted by atomic mass is 16.5. The van der Waals surface area contributed by atoms with Gasteiger partial charge in [0.1, 0.15) is 5.76 Å². The fourth-order valence-corrected chi connectivity index (χ4v) is 1.37. The first-order chi connectivity index (χ1) is 6.69. The van der Waals surface area contributed by atoms with Gasteiger partial charge in [-0.1, -0.05) is 6.58 Å². The van der Waals surface area contributed by atoms with Crippen molar-refractivity contribution in [1.29, 1.82) is 0 Å². The van der Waals surface area contributed by atoms with Gasteiger partial charge in [0.2, 0.25) is 0 Å². The van der Waals surface area contributed by atoms with Crippen LogP contribution in [0.3, 0.4) is 0 Å². The summed E-state index contributed by atoms with van der Waals surface area (Å²) in [6.07, 6.45) is 0.644. The lowest BCUT2D eigenvalue weighted by molar-refractivity contribution is 0.295. The molecule has 3 nitrogen and oxygen atoms in total. The fourth-order valence-electron chi connectivity index (χ4n) is 1.37. The molecular formula is C11H17NO2. The Morgan fingerprint density at radius 3 is 2.93 bits per heavy atom. The van der Waals surface area contributed by atoms with Crippen molar-refractivity contribution < 1.29 is 9.84 Å². The summed E-state index contributed by atoms with van der Waals surface area (Å²) in [7, 11) is 0. The molecule has 1 aromatic heterocycles. The number of aliphatic hydroxyl groups excluding tert-OH is 1. The second kappa shape index (κ2) is 4.86. The quantitative estimate of drug-likeness (QED) is 0.704. The third-order valence-corrected chi connectivity index (χ3v) is 2.10. The third kappa shape index (κ3) is 2.39. The van der Waals surface area contributed by atoms with E-state index in [1.165, 1.54) is 0 Å². The number of hydrogen-bond acceptors (Lipinski definition) is 2. The first kappa shape index (κ1) is 10.9. The van der Waals surface area contributed by atoms with Crippen molar-refractivity contribution >= 4 is 5.76 Å². The van der Waals surface area contributed by atoms with Gasteiger partial charge in [0, 0.05) is 18.7 Å². The van der Waals surface area contributed by atoms with Crippen LogP contribution in [0.25, 0.3) is 5.76 Å². The summed E-state index contributed by atoms with van der Waals surface area (Å²) in [5.74, 6) is 0.653. The number of aromatic nitrogens is 1. The van der Waals surface area contributed by atoms with E-state index in [2.05, 4.69) is 11.6 Å². The van der Waals surface area contributed by atoms with E-state index in [-0.39, 0.29) is 6.61 Å². The van der Waals surface area contributed by atoms with Gasteiger partial charge in [0.25, 0.3) is 0 Å². The molecule has 1 rings (SSSR count). The third-order valence-electron chi connectivity index (χ3n) is 2.10. The maximum absolute atomic E-state index is 8.82. The van der Waals surface area contributed by atoms with Crippen molar-refractivity contribution in [1.82, 2.24) is 4.98 Å². The van der Waals surface area contributed by atoms with Crippen molar-refractivity contribution in [2.75, 3.05) is 13.2 Å². The molecule has 0 atom stereocenters. The van der Waals surface area contributed by atoms with Crippen molar-refractivity contribution in [2.45, 2.75) is 20.3 Å². The van der Waals surface area contributed by atoms with Crippen molar-refractivity contribution in [3.8, 4) is 0 Å². The van der Waals surface area contributed by atoms with Crippen LogP contribution in [0.4, 0.5) is 0 Å². The standard InChI is InChI=1S/C11H17NO2/c1-4-14-9(3)11-7-8(2)10(12-11)5-6-13/h7,12-13H,3-6H2,1-2H3. The number of rotatable bonds is 5. The predicted octanol–water partition coefficient (Wildman–Crippen LogP) is 1.87. The zero-order valence-electron chi connectivity index (χ0n) is 8.76. The van der Waals surface area contributed by atoms with Crippen molar-refractivity contribution in [3.05, 3.63) is 29.6 Å². The van der Waals surface area contributed by atoms with E-state index in [0.717, 1.165) is 17.0 Å². The van der Waals surface area contributed by atoms with Crippen LogP contribution < -0.4 is 0 Å². The minimum Gasteiger partial charge on any atom is -0.492 e. The Morgan fingerprint density at radius 2 is 2.36 bits per heavy atom. The summed E-state index contributed by atoms with van der Waals surface area (Å²) < 4.78 is 5.29. The maximum atomic E-state index is 8.82. The second-order valence-electron chi connectivity index (χ2n) is 3.17. The number of nitrogens with one attached hydrogen (secondary N) is 1. The Hall–Kier alpha value is -1.22. The Labute approximate surface area is 84.4 Å². The van der Waals surface area contributed by atoms with Crippen LogP contribution in [0, 0.1) is 6.92 Å². The van der Waals surface area contributed by atoms with E-state index in [0.29, 0.717) is 18.8 Å². The SMILES string of the molecule is C=C(OCC)c1cc(C)c(CCO)[nH]1. The zero-order chi connectivity index (χ0) is 10.6. The minimum atomic E-state index is 0.155. The highest BCUT2D eigenvalue weighted by Gasteiger charge is 2.06. The lowest BCUT2D eigenvalue weighted by Crippen LogP contribution is -1.94. The summed E-state index contributed by atoms with van der Waals surface area (Å²) in [5.41, 5.74) is 3.08. The number of aromatic amines is 1. The lowest BCUT2D eigenvalue weighted by Gasteiger charge is -2.03. The molecule has 78 valence electrons. The molecule has 0 aliphatic rings. The number of aryl methyl sites for hydroxylation is 1. The molecule has 0 spiro atoms. The van der Waals surface area contributed by atoms with E-state index in [1.54, 1.807) is 0 Å². The average molecular weight is 195 g/mol. The molecule has 0 aliphatic carbocycles. The van der Waals surface area contributed by atoms with Gasteiger partial charge in [-0.25, -0.2) is 0 Å². The van der Waals surface area contributed by atoms with Crippen LogP contribution in [-0.4, -0.2) is 23.3 Å². The molecule has 1 aromatic rings. The van der Waals surface area contributed by atoms with Gasteiger partial charge in [0.05, 0.1) is 12.3 Å². The van der Waals surface area contributed by atoms with Crippen molar-refractivity contribution in [2.24, 2.45) is 0 Å².